The molecule has 0 saturated carbocycles. The molecule has 0 aromatic heterocycles. The Morgan fingerprint density at radius 1 is 1.11 bits per heavy atom. The topological polar surface area (TPSA) is 26.3 Å². The quantitative estimate of drug-likeness (QED) is 0.761. The second-order valence-corrected chi connectivity index (χ2v) is 4.29. The molecule has 92 valence electrons. The maximum Gasteiger partial charge on any atom is 0.160 e. The van der Waals surface area contributed by atoms with Crippen molar-refractivity contribution >= 4 is 5.78 Å². The van der Waals surface area contributed by atoms with Crippen molar-refractivity contribution in [2.24, 2.45) is 0 Å². The summed E-state index contributed by atoms with van der Waals surface area (Å²) in [6.45, 7) is 3.59. The Kier molecular flexibility index (Phi) is 3.47. The van der Waals surface area contributed by atoms with E-state index in [1.807, 2.05) is 49.4 Å². The van der Waals surface area contributed by atoms with E-state index >= 15 is 0 Å². The molecule has 2 rings (SSSR count). The van der Waals surface area contributed by atoms with Gasteiger partial charge in [0.25, 0.3) is 0 Å². The van der Waals surface area contributed by atoms with Crippen LogP contribution in [0.15, 0.2) is 42.5 Å². The number of rotatable bonds is 3. The molecule has 0 fully saturated rings. The van der Waals surface area contributed by atoms with Gasteiger partial charge in [-0.3, -0.25) is 4.79 Å². The van der Waals surface area contributed by atoms with Gasteiger partial charge in [-0.25, -0.2) is 0 Å². The summed E-state index contributed by atoms with van der Waals surface area (Å²) >= 11 is 0. The van der Waals surface area contributed by atoms with Gasteiger partial charge in [0.15, 0.2) is 5.78 Å². The molecule has 0 aliphatic heterocycles. The van der Waals surface area contributed by atoms with Crippen molar-refractivity contribution in [2.45, 2.75) is 13.8 Å². The van der Waals surface area contributed by atoms with Crippen LogP contribution < -0.4 is 4.74 Å². The average Bonchev–Trinajstić information content (AvgIpc) is 2.38. The van der Waals surface area contributed by atoms with E-state index in [2.05, 4.69) is 0 Å². The molecule has 0 saturated heterocycles. The first-order valence-electron chi connectivity index (χ1n) is 5.88. The van der Waals surface area contributed by atoms with Crippen molar-refractivity contribution in [3.63, 3.8) is 0 Å². The predicted octanol–water partition coefficient (Wildman–Crippen LogP) is 3.87. The number of ketones is 1. The average molecular weight is 240 g/mol. The van der Waals surface area contributed by atoms with E-state index < -0.39 is 0 Å². The van der Waals surface area contributed by atoms with Gasteiger partial charge < -0.3 is 4.74 Å². The van der Waals surface area contributed by atoms with Gasteiger partial charge >= 0.3 is 0 Å². The van der Waals surface area contributed by atoms with Crippen molar-refractivity contribution in [1.82, 2.24) is 0 Å². The molecule has 18 heavy (non-hydrogen) atoms. The number of carbonyl (C=O) groups is 1. The molecule has 0 atom stereocenters. The summed E-state index contributed by atoms with van der Waals surface area (Å²) in [6.07, 6.45) is 0. The lowest BCUT2D eigenvalue weighted by molar-refractivity contribution is 0.101. The normalized spacial score (nSPS) is 10.2. The van der Waals surface area contributed by atoms with Gasteiger partial charge in [0.1, 0.15) is 5.75 Å². The zero-order chi connectivity index (χ0) is 13.1. The monoisotopic (exact) mass is 240 g/mol. The molecule has 2 aromatic rings. The van der Waals surface area contributed by atoms with Crippen LogP contribution in [-0.4, -0.2) is 12.9 Å². The number of hydrogen-bond acceptors (Lipinski definition) is 2. The Morgan fingerprint density at radius 3 is 2.44 bits per heavy atom. The molecule has 0 bridgehead atoms. The molecule has 0 aliphatic rings. The SMILES string of the molecule is COc1ccc(-c2ccccc2C(C)=O)cc1C. The van der Waals surface area contributed by atoms with Crippen LogP contribution in [0.2, 0.25) is 0 Å². The number of Topliss-reactive ketones (excluding diaryl/α,β-unsaturated/α-hetero) is 1. The van der Waals surface area contributed by atoms with Crippen LogP contribution in [-0.2, 0) is 0 Å². The highest BCUT2D eigenvalue weighted by Crippen LogP contribution is 2.28. The Labute approximate surface area is 107 Å². The van der Waals surface area contributed by atoms with Gasteiger partial charge in [-0.15, -0.1) is 0 Å². The lowest BCUT2D eigenvalue weighted by Crippen LogP contribution is -1.96. The summed E-state index contributed by atoms with van der Waals surface area (Å²) in [4.78, 5) is 11.6. The van der Waals surface area contributed by atoms with Crippen LogP contribution >= 0.6 is 0 Å². The van der Waals surface area contributed by atoms with Gasteiger partial charge in [-0.2, -0.15) is 0 Å². The molecule has 2 heteroatoms. The third kappa shape index (κ3) is 2.28. The fraction of sp³-hybridized carbons (Fsp3) is 0.188. The Hall–Kier alpha value is -2.09. The molecule has 0 amide bonds. The number of aryl methyl sites for hydroxylation is 1. The van der Waals surface area contributed by atoms with E-state index in [0.29, 0.717) is 0 Å². The summed E-state index contributed by atoms with van der Waals surface area (Å²) < 4.78 is 5.25. The first-order valence-corrected chi connectivity index (χ1v) is 5.88. The maximum atomic E-state index is 11.6. The molecule has 0 heterocycles. The van der Waals surface area contributed by atoms with Crippen LogP contribution in [0.3, 0.4) is 0 Å². The van der Waals surface area contributed by atoms with E-state index in [-0.39, 0.29) is 5.78 Å². The summed E-state index contributed by atoms with van der Waals surface area (Å²) in [6, 6.07) is 13.6. The second-order valence-electron chi connectivity index (χ2n) is 4.29. The molecule has 0 aliphatic carbocycles. The van der Waals surface area contributed by atoms with Crippen molar-refractivity contribution in [2.75, 3.05) is 7.11 Å². The zero-order valence-corrected chi connectivity index (χ0v) is 10.9. The fourth-order valence-corrected chi connectivity index (χ4v) is 2.09. The van der Waals surface area contributed by atoms with Crippen molar-refractivity contribution in [1.29, 1.82) is 0 Å². The molecular weight excluding hydrogens is 224 g/mol. The zero-order valence-electron chi connectivity index (χ0n) is 10.9. The Morgan fingerprint density at radius 2 is 1.83 bits per heavy atom. The minimum Gasteiger partial charge on any atom is -0.496 e. The largest absolute Gasteiger partial charge is 0.496 e. The first kappa shape index (κ1) is 12.4. The van der Waals surface area contributed by atoms with E-state index in [1.54, 1.807) is 14.0 Å². The van der Waals surface area contributed by atoms with Crippen molar-refractivity contribution < 1.29 is 9.53 Å². The van der Waals surface area contributed by atoms with E-state index in [1.165, 1.54) is 0 Å². The molecule has 0 N–H and O–H groups in total. The number of ether oxygens (including phenoxy) is 1. The van der Waals surface area contributed by atoms with Gasteiger partial charge in [0.05, 0.1) is 7.11 Å². The maximum absolute atomic E-state index is 11.6. The first-order chi connectivity index (χ1) is 8.63. The van der Waals surface area contributed by atoms with Crippen LogP contribution in [0.5, 0.6) is 5.75 Å². The van der Waals surface area contributed by atoms with Crippen molar-refractivity contribution in [3.05, 3.63) is 53.6 Å². The predicted molar refractivity (Wildman–Crippen MR) is 73.2 cm³/mol. The molecule has 2 nitrogen and oxygen atoms in total. The Balaban J connectivity index is 2.55. The van der Waals surface area contributed by atoms with Crippen molar-refractivity contribution in [3.8, 4) is 16.9 Å². The van der Waals surface area contributed by atoms with Crippen LogP contribution in [0.4, 0.5) is 0 Å². The highest BCUT2D eigenvalue weighted by Gasteiger charge is 2.09. The number of carbonyl (C=O) groups excluding carboxylic acids is 1. The van der Waals surface area contributed by atoms with E-state index in [0.717, 1.165) is 28.0 Å². The lowest BCUT2D eigenvalue weighted by atomic mass is 9.96. The molecule has 0 unspecified atom stereocenters. The number of hydrogen-bond donors (Lipinski definition) is 0. The molecule has 0 radical (unpaired) electrons. The van der Waals surface area contributed by atoms with Crippen LogP contribution in [0, 0.1) is 6.92 Å². The fourth-order valence-electron chi connectivity index (χ4n) is 2.09. The standard InChI is InChI=1S/C16H16O2/c1-11-10-13(8-9-16(11)18-3)15-7-5-4-6-14(15)12(2)17/h4-10H,1-3H3. The van der Waals surface area contributed by atoms with E-state index in [4.69, 9.17) is 4.74 Å². The molecular formula is C16H16O2. The van der Waals surface area contributed by atoms with Gasteiger partial charge in [-0.05, 0) is 42.7 Å². The highest BCUT2D eigenvalue weighted by molar-refractivity contribution is 6.00. The Bertz CT molecular complexity index is 585. The highest BCUT2D eigenvalue weighted by atomic mass is 16.5. The third-order valence-corrected chi connectivity index (χ3v) is 3.01. The number of benzene rings is 2. The molecule has 0 spiro atoms. The van der Waals surface area contributed by atoms with Gasteiger partial charge in [-0.1, -0.05) is 30.3 Å². The smallest absolute Gasteiger partial charge is 0.160 e. The van der Waals surface area contributed by atoms with Crippen LogP contribution in [0.1, 0.15) is 22.8 Å². The molecule has 2 aromatic carbocycles. The minimum absolute atomic E-state index is 0.0825. The number of methoxy groups -OCH3 is 1. The summed E-state index contributed by atoms with van der Waals surface area (Å²) in [5, 5.41) is 0. The summed E-state index contributed by atoms with van der Waals surface area (Å²) in [5.74, 6) is 0.943. The second kappa shape index (κ2) is 5.05. The summed E-state index contributed by atoms with van der Waals surface area (Å²) in [7, 11) is 1.66. The lowest BCUT2D eigenvalue weighted by Gasteiger charge is -2.10. The summed E-state index contributed by atoms with van der Waals surface area (Å²) in [5.41, 5.74) is 3.82. The van der Waals surface area contributed by atoms with Gasteiger partial charge in [0, 0.05) is 5.56 Å². The third-order valence-electron chi connectivity index (χ3n) is 3.01. The van der Waals surface area contributed by atoms with Crippen LogP contribution in [0.25, 0.3) is 11.1 Å². The van der Waals surface area contributed by atoms with Gasteiger partial charge in [0.2, 0.25) is 0 Å². The van der Waals surface area contributed by atoms with E-state index in [9.17, 15) is 4.79 Å². The minimum atomic E-state index is 0.0825.